The third kappa shape index (κ3) is 6.39. The Morgan fingerprint density at radius 1 is 1.37 bits per heavy atom. The molecule has 13 nitrogen and oxygen atoms in total. The largest absolute Gasteiger partial charge is 0.530 e. The molecule has 38 heavy (non-hydrogen) atoms. The molecule has 2 unspecified atom stereocenters. The van der Waals surface area contributed by atoms with E-state index in [9.17, 15) is 28.8 Å². The van der Waals surface area contributed by atoms with E-state index in [-0.39, 0.29) is 5.75 Å². The van der Waals surface area contributed by atoms with Gasteiger partial charge in [0.2, 0.25) is 0 Å². The average Bonchev–Trinajstić information content (AvgIpc) is 3.10. The van der Waals surface area contributed by atoms with Crippen LogP contribution in [-0.4, -0.2) is 62.4 Å². The van der Waals surface area contributed by atoms with Crippen molar-refractivity contribution in [2.24, 2.45) is 0 Å². The highest BCUT2D eigenvalue weighted by atomic mass is 31.2. The number of hydrogen-bond acceptors (Lipinski definition) is 12. The highest BCUT2D eigenvalue weighted by Crippen LogP contribution is 2.51. The number of nitrogens with two attached hydrogens (primary N) is 1. The monoisotopic (exact) mass is 555 g/mol. The molecule has 1 fully saturated rings. The molecule has 0 spiro atoms. The van der Waals surface area contributed by atoms with Crippen molar-refractivity contribution in [1.29, 1.82) is 0 Å². The van der Waals surface area contributed by atoms with Gasteiger partial charge in [-0.2, -0.15) is 4.98 Å². The lowest BCUT2D eigenvalue weighted by Crippen LogP contribution is -2.47. The minimum Gasteiger partial charge on any atom is -0.461 e. The summed E-state index contributed by atoms with van der Waals surface area (Å²) in [7, 11) is -4.62. The number of phosphoric ester groups is 1. The van der Waals surface area contributed by atoms with E-state index in [2.05, 4.69) is 4.98 Å². The van der Waals surface area contributed by atoms with Crippen molar-refractivity contribution in [3.05, 3.63) is 52.8 Å². The van der Waals surface area contributed by atoms with Crippen LogP contribution in [0.15, 0.2) is 41.3 Å². The lowest BCUT2D eigenvalue weighted by Gasteiger charge is -2.26. The average molecular weight is 555 g/mol. The number of esters is 1. The molecule has 6 atom stereocenters. The summed E-state index contributed by atoms with van der Waals surface area (Å²) in [5.74, 6) is -0.682. The topological polar surface area (TPSA) is 182 Å². The van der Waals surface area contributed by atoms with Gasteiger partial charge in [-0.1, -0.05) is 24.1 Å². The number of aliphatic hydroxyl groups excluding tert-OH is 1. The number of carbonyl (C=O) groups is 1. The third-order valence-corrected chi connectivity index (χ3v) is 6.70. The summed E-state index contributed by atoms with van der Waals surface area (Å²) in [4.78, 5) is 27.8. The van der Waals surface area contributed by atoms with E-state index in [1.165, 1.54) is 19.1 Å². The Bertz CT molecular complexity index is 1300. The zero-order valence-electron chi connectivity index (χ0n) is 20.6. The van der Waals surface area contributed by atoms with Crippen molar-refractivity contribution >= 4 is 19.6 Å². The zero-order valence-corrected chi connectivity index (χ0v) is 21.5. The highest BCUT2D eigenvalue weighted by molar-refractivity contribution is 7.49. The van der Waals surface area contributed by atoms with Gasteiger partial charge in [-0.05, 0) is 32.9 Å². The quantitative estimate of drug-likeness (QED) is 0.216. The summed E-state index contributed by atoms with van der Waals surface area (Å²) in [5, 5.41) is 21.6. The summed E-state index contributed by atoms with van der Waals surface area (Å²) < 4.78 is 54.7. The maximum Gasteiger partial charge on any atom is 0.530 e. The SMILES string of the molecule is C#CC1(O)[C@@H](O)[C@@H](COP(=O)(Oc2ccccc2)O[C@@H](C)C(=O)OC(C)C)O[C@H]1n1cc(F)c(N)nc1=O. The smallest absolute Gasteiger partial charge is 0.461 e. The van der Waals surface area contributed by atoms with Gasteiger partial charge in [0, 0.05) is 0 Å². The first-order valence-corrected chi connectivity index (χ1v) is 12.7. The van der Waals surface area contributed by atoms with Gasteiger partial charge in [0.15, 0.2) is 29.6 Å². The van der Waals surface area contributed by atoms with Crippen LogP contribution < -0.4 is 15.9 Å². The standard InChI is InChI=1S/C23H27FN3O10P/c1-5-23(31)18(28)17(35-21(23)27-11-16(24)19(25)26-22(27)30)12-33-38(32,37-15-9-7-6-8-10-15)36-14(4)20(29)34-13(2)3/h1,6-11,13-14,17-18,21,28,31H,12H2,2-4H3,(H2,25,26,30)/t14-,17+,18-,21+,23?,38?/m0/s1. The molecule has 0 radical (unpaired) electrons. The fraction of sp³-hybridized carbons (Fsp3) is 0.435. The van der Waals surface area contributed by atoms with Gasteiger partial charge in [0.25, 0.3) is 0 Å². The van der Waals surface area contributed by atoms with Crippen LogP contribution in [0.5, 0.6) is 5.75 Å². The molecule has 2 aromatic rings. The molecule has 0 saturated carbocycles. The number of para-hydroxylation sites is 1. The summed E-state index contributed by atoms with van der Waals surface area (Å²) in [5.41, 5.74) is 1.59. The van der Waals surface area contributed by atoms with E-state index in [1.807, 2.05) is 5.92 Å². The molecule has 4 N–H and O–H groups in total. The van der Waals surface area contributed by atoms with E-state index in [0.29, 0.717) is 10.8 Å². The minimum atomic E-state index is -4.62. The molecule has 1 aromatic heterocycles. The number of nitrogens with zero attached hydrogens (tertiary/aromatic N) is 2. The van der Waals surface area contributed by atoms with Gasteiger partial charge < -0.3 is 29.9 Å². The van der Waals surface area contributed by atoms with Crippen molar-refractivity contribution in [1.82, 2.24) is 9.55 Å². The van der Waals surface area contributed by atoms with Crippen LogP contribution in [0.3, 0.4) is 0 Å². The molecule has 2 heterocycles. The van der Waals surface area contributed by atoms with Crippen LogP contribution in [0.1, 0.15) is 27.0 Å². The number of anilines is 1. The summed E-state index contributed by atoms with van der Waals surface area (Å²) in [6.07, 6.45) is -1.19. The van der Waals surface area contributed by atoms with Gasteiger partial charge in [-0.15, -0.1) is 6.42 Å². The number of aromatic nitrogens is 2. The number of phosphoric acid groups is 1. The second-order valence-electron chi connectivity index (χ2n) is 8.49. The van der Waals surface area contributed by atoms with E-state index < -0.39 is 74.0 Å². The molecule has 206 valence electrons. The fourth-order valence-electron chi connectivity index (χ4n) is 3.38. The van der Waals surface area contributed by atoms with Crippen LogP contribution in [0, 0.1) is 18.2 Å². The molecular weight excluding hydrogens is 528 g/mol. The Morgan fingerprint density at radius 2 is 2.03 bits per heavy atom. The van der Waals surface area contributed by atoms with Crippen LogP contribution in [0.4, 0.5) is 10.2 Å². The second-order valence-corrected chi connectivity index (χ2v) is 10.0. The number of halogens is 1. The number of benzene rings is 1. The van der Waals surface area contributed by atoms with E-state index in [4.69, 9.17) is 35.2 Å². The number of rotatable bonds is 10. The number of hydrogen-bond donors (Lipinski definition) is 3. The lowest BCUT2D eigenvalue weighted by atomic mass is 9.95. The Morgan fingerprint density at radius 3 is 2.63 bits per heavy atom. The van der Waals surface area contributed by atoms with E-state index >= 15 is 0 Å². The predicted molar refractivity (Wildman–Crippen MR) is 129 cm³/mol. The first-order valence-electron chi connectivity index (χ1n) is 11.3. The number of aliphatic hydroxyl groups is 2. The molecule has 1 aliphatic rings. The maximum absolute atomic E-state index is 14.0. The number of nitrogen functional groups attached to an aromatic ring is 1. The molecule has 3 rings (SSSR count). The van der Waals surface area contributed by atoms with Crippen molar-refractivity contribution in [3.63, 3.8) is 0 Å². The number of carbonyl (C=O) groups excluding carboxylic acids is 1. The molecule has 0 bridgehead atoms. The fourth-order valence-corrected chi connectivity index (χ4v) is 4.72. The number of ether oxygens (including phenoxy) is 2. The molecule has 0 amide bonds. The Kier molecular flexibility index (Phi) is 8.94. The van der Waals surface area contributed by atoms with Gasteiger partial charge in [0.1, 0.15) is 18.0 Å². The van der Waals surface area contributed by atoms with Crippen LogP contribution >= 0.6 is 7.82 Å². The second kappa shape index (κ2) is 11.6. The molecule has 0 aliphatic carbocycles. The molecule has 15 heteroatoms. The minimum absolute atomic E-state index is 0.0566. The van der Waals surface area contributed by atoms with Crippen LogP contribution in [0.2, 0.25) is 0 Å². The highest BCUT2D eigenvalue weighted by Gasteiger charge is 2.56. The third-order valence-electron chi connectivity index (χ3n) is 5.23. The Labute approximate surface area is 216 Å². The van der Waals surface area contributed by atoms with Crippen molar-refractivity contribution in [2.45, 2.75) is 57.0 Å². The molecular formula is C23H27FN3O10P. The summed E-state index contributed by atoms with van der Waals surface area (Å²) in [6.45, 7) is 3.70. The maximum atomic E-state index is 14.0. The predicted octanol–water partition coefficient (Wildman–Crippen LogP) is 1.15. The van der Waals surface area contributed by atoms with E-state index in [0.717, 1.165) is 0 Å². The van der Waals surface area contributed by atoms with Crippen LogP contribution in [-0.2, 0) is 27.9 Å². The Hall–Kier alpha value is -3.31. The van der Waals surface area contributed by atoms with Crippen molar-refractivity contribution in [2.75, 3.05) is 12.3 Å². The zero-order chi connectivity index (χ0) is 28.3. The first-order chi connectivity index (χ1) is 17.8. The first kappa shape index (κ1) is 29.2. The number of terminal acetylenes is 1. The van der Waals surface area contributed by atoms with E-state index in [1.54, 1.807) is 32.0 Å². The Balaban J connectivity index is 1.85. The van der Waals surface area contributed by atoms with Gasteiger partial charge >= 0.3 is 19.5 Å². The normalized spacial score (nSPS) is 25.4. The van der Waals surface area contributed by atoms with Crippen molar-refractivity contribution in [3.8, 4) is 18.1 Å². The van der Waals surface area contributed by atoms with Gasteiger partial charge in [-0.3, -0.25) is 13.6 Å². The van der Waals surface area contributed by atoms with Gasteiger partial charge in [0.05, 0.1) is 18.9 Å². The van der Waals surface area contributed by atoms with Crippen molar-refractivity contribution < 1.29 is 47.0 Å². The van der Waals surface area contributed by atoms with Crippen LogP contribution in [0.25, 0.3) is 0 Å². The molecule has 1 aliphatic heterocycles. The lowest BCUT2D eigenvalue weighted by molar-refractivity contribution is -0.156. The summed E-state index contributed by atoms with van der Waals surface area (Å²) in [6, 6.07) is 7.71. The van der Waals surface area contributed by atoms with Gasteiger partial charge in [-0.25, -0.2) is 18.5 Å². The summed E-state index contributed by atoms with van der Waals surface area (Å²) >= 11 is 0. The molecule has 1 saturated heterocycles. The molecule has 1 aromatic carbocycles.